The zero-order chi connectivity index (χ0) is 25.9. The van der Waals surface area contributed by atoms with E-state index in [4.69, 9.17) is 4.74 Å². The lowest BCUT2D eigenvalue weighted by molar-refractivity contribution is -0.274. The summed E-state index contributed by atoms with van der Waals surface area (Å²) in [6, 6.07) is 10.3. The largest absolute Gasteiger partial charge is 0.573 e. The molecule has 0 spiro atoms. The first-order chi connectivity index (χ1) is 17.1. The lowest BCUT2D eigenvalue weighted by atomic mass is 9.83. The summed E-state index contributed by atoms with van der Waals surface area (Å²) in [6.07, 6.45) is -2.09. The van der Waals surface area contributed by atoms with Gasteiger partial charge >= 0.3 is 12.3 Å². The van der Waals surface area contributed by atoms with Gasteiger partial charge in [0.15, 0.2) is 0 Å². The van der Waals surface area contributed by atoms with Crippen LogP contribution in [0.3, 0.4) is 0 Å². The molecule has 0 bridgehead atoms. The number of rotatable bonds is 8. The van der Waals surface area contributed by atoms with Crippen LogP contribution >= 0.6 is 0 Å². The van der Waals surface area contributed by atoms with Crippen LogP contribution in [0.4, 0.5) is 13.2 Å². The van der Waals surface area contributed by atoms with Gasteiger partial charge in [0.25, 0.3) is 5.91 Å². The fraction of sp³-hybridized carbons (Fsp3) is 0.500. The van der Waals surface area contributed by atoms with Crippen LogP contribution in [0.5, 0.6) is 5.75 Å². The van der Waals surface area contributed by atoms with Gasteiger partial charge in [-0.05, 0) is 68.5 Å². The molecule has 4 rings (SSSR count). The highest BCUT2D eigenvalue weighted by molar-refractivity contribution is 5.92. The lowest BCUT2D eigenvalue weighted by Crippen LogP contribution is -2.44. The van der Waals surface area contributed by atoms with Gasteiger partial charge in [-0.25, -0.2) is 9.78 Å². The number of hydrogen-bond donors (Lipinski definition) is 1. The third-order valence-corrected chi connectivity index (χ3v) is 6.54. The molecule has 1 saturated carbocycles. The molecule has 1 amide bonds. The topological polar surface area (TPSA) is 80.8 Å². The summed E-state index contributed by atoms with van der Waals surface area (Å²) >= 11 is 0. The van der Waals surface area contributed by atoms with Gasteiger partial charge in [0.2, 0.25) is 0 Å². The van der Waals surface area contributed by atoms with Gasteiger partial charge in [-0.2, -0.15) is 0 Å². The molecule has 0 radical (unpaired) electrons. The van der Waals surface area contributed by atoms with E-state index >= 15 is 0 Å². The highest BCUT2D eigenvalue weighted by Crippen LogP contribution is 2.36. The molecule has 2 aliphatic rings. The van der Waals surface area contributed by atoms with Crippen LogP contribution in [0.1, 0.15) is 66.8 Å². The van der Waals surface area contributed by atoms with Crippen LogP contribution in [0.15, 0.2) is 42.5 Å². The first kappa shape index (κ1) is 25.9. The summed E-state index contributed by atoms with van der Waals surface area (Å²) in [5.41, 5.74) is 1.78. The van der Waals surface area contributed by atoms with Gasteiger partial charge in [0.05, 0.1) is 6.61 Å². The number of carbonyl (C=O) groups is 2. The van der Waals surface area contributed by atoms with Gasteiger partial charge in [-0.3, -0.25) is 9.69 Å². The van der Waals surface area contributed by atoms with E-state index in [-0.39, 0.29) is 36.1 Å². The number of carbonyl (C=O) groups excluding carboxylic acids is 2. The van der Waals surface area contributed by atoms with Crippen molar-refractivity contribution in [3.8, 4) is 5.75 Å². The monoisotopic (exact) mass is 505 g/mol. The highest BCUT2D eigenvalue weighted by Gasteiger charge is 2.37. The molecule has 3 unspecified atom stereocenters. The fourth-order valence-corrected chi connectivity index (χ4v) is 4.69. The quantitative estimate of drug-likeness (QED) is 0.528. The molecular formula is C26H30F3N3O4. The SMILES string of the molecule is CCOC(=O)C(c1ccc(OC(F)(F)F)cc1)N1CCC(c2cccc(C(=O)NC3CC3)n2)C(C)C1. The van der Waals surface area contributed by atoms with Gasteiger partial charge in [-0.1, -0.05) is 25.1 Å². The third-order valence-electron chi connectivity index (χ3n) is 6.54. The van der Waals surface area contributed by atoms with E-state index < -0.39 is 18.4 Å². The zero-order valence-corrected chi connectivity index (χ0v) is 20.3. The Bertz CT molecular complexity index is 1070. The Labute approximate surface area is 208 Å². The predicted molar refractivity (Wildman–Crippen MR) is 125 cm³/mol. The number of aromatic nitrogens is 1. The molecule has 1 saturated heterocycles. The van der Waals surface area contributed by atoms with Gasteiger partial charge < -0.3 is 14.8 Å². The van der Waals surface area contributed by atoms with Crippen molar-refractivity contribution in [1.29, 1.82) is 0 Å². The number of esters is 1. The average molecular weight is 506 g/mol. The second-order valence-electron chi connectivity index (χ2n) is 9.33. The first-order valence-electron chi connectivity index (χ1n) is 12.2. The van der Waals surface area contributed by atoms with Crippen molar-refractivity contribution in [3.63, 3.8) is 0 Å². The maximum absolute atomic E-state index is 12.9. The van der Waals surface area contributed by atoms with Crippen LogP contribution in [0.25, 0.3) is 0 Å². The van der Waals surface area contributed by atoms with Crippen molar-refractivity contribution < 1.29 is 32.2 Å². The molecule has 2 fully saturated rings. The molecular weight excluding hydrogens is 475 g/mol. The van der Waals surface area contributed by atoms with E-state index in [1.54, 1.807) is 13.0 Å². The van der Waals surface area contributed by atoms with Gasteiger partial charge in [0, 0.05) is 24.2 Å². The Kier molecular flexibility index (Phi) is 7.82. The maximum atomic E-state index is 12.9. The number of alkyl halides is 3. The molecule has 10 heteroatoms. The fourth-order valence-electron chi connectivity index (χ4n) is 4.69. The van der Waals surface area contributed by atoms with Crippen molar-refractivity contribution in [2.45, 2.75) is 57.5 Å². The molecule has 2 aromatic rings. The minimum atomic E-state index is -4.79. The number of pyridine rings is 1. The normalized spacial score (nSPS) is 21.5. The molecule has 1 aromatic carbocycles. The Morgan fingerprint density at radius 2 is 1.86 bits per heavy atom. The minimum absolute atomic E-state index is 0.0975. The van der Waals surface area contributed by atoms with Crippen LogP contribution in [-0.2, 0) is 9.53 Å². The summed E-state index contributed by atoms with van der Waals surface area (Å²) in [4.78, 5) is 32.0. The van der Waals surface area contributed by atoms with E-state index in [1.807, 2.05) is 17.0 Å². The lowest BCUT2D eigenvalue weighted by Gasteiger charge is -2.40. The number of hydrogen-bond acceptors (Lipinski definition) is 6. The van der Waals surface area contributed by atoms with Crippen molar-refractivity contribution >= 4 is 11.9 Å². The Morgan fingerprint density at radius 1 is 1.14 bits per heavy atom. The number of likely N-dealkylation sites (tertiary alicyclic amines) is 1. The van der Waals surface area contributed by atoms with Crippen molar-refractivity contribution in [3.05, 3.63) is 59.4 Å². The van der Waals surface area contributed by atoms with Crippen molar-refractivity contribution in [2.24, 2.45) is 5.92 Å². The van der Waals surface area contributed by atoms with E-state index in [0.29, 0.717) is 30.8 Å². The standard InChI is InChI=1S/C26H30F3N3O4/c1-3-35-25(34)23(17-7-11-19(12-8-17)36-26(27,28)29)32-14-13-20(16(2)15-32)21-5-4-6-22(31-21)24(33)30-18-9-10-18/h4-8,11-12,16,18,20,23H,3,9-10,13-15H2,1-2H3,(H,30,33). The summed E-state index contributed by atoms with van der Waals surface area (Å²) in [7, 11) is 0. The Morgan fingerprint density at radius 3 is 2.47 bits per heavy atom. The second-order valence-corrected chi connectivity index (χ2v) is 9.33. The van der Waals surface area contributed by atoms with Crippen molar-refractivity contribution in [1.82, 2.24) is 15.2 Å². The second kappa shape index (κ2) is 10.9. The van der Waals surface area contributed by atoms with E-state index in [1.165, 1.54) is 24.3 Å². The zero-order valence-electron chi connectivity index (χ0n) is 20.3. The minimum Gasteiger partial charge on any atom is -0.465 e. The molecule has 1 aliphatic heterocycles. The number of nitrogens with one attached hydrogen (secondary N) is 1. The van der Waals surface area contributed by atoms with Crippen LogP contribution in [0, 0.1) is 5.92 Å². The Hall–Kier alpha value is -3.14. The molecule has 7 nitrogen and oxygen atoms in total. The summed E-state index contributed by atoms with van der Waals surface area (Å²) in [6.45, 7) is 5.07. The predicted octanol–water partition coefficient (Wildman–Crippen LogP) is 4.60. The molecule has 1 N–H and O–H groups in total. The molecule has 194 valence electrons. The van der Waals surface area contributed by atoms with Crippen molar-refractivity contribution in [2.75, 3.05) is 19.7 Å². The van der Waals surface area contributed by atoms with E-state index in [2.05, 4.69) is 22.0 Å². The number of amides is 1. The summed E-state index contributed by atoms with van der Waals surface area (Å²) in [5, 5.41) is 2.96. The molecule has 1 aliphatic carbocycles. The number of nitrogens with zero attached hydrogens (tertiary/aromatic N) is 2. The summed E-state index contributed by atoms with van der Waals surface area (Å²) in [5.74, 6) is -0.759. The van der Waals surface area contributed by atoms with Crippen LogP contribution in [0.2, 0.25) is 0 Å². The Balaban J connectivity index is 1.48. The number of benzene rings is 1. The van der Waals surface area contributed by atoms with E-state index in [0.717, 1.165) is 18.5 Å². The molecule has 2 heterocycles. The number of halogens is 3. The molecule has 1 aromatic heterocycles. The van der Waals surface area contributed by atoms with E-state index in [9.17, 15) is 22.8 Å². The average Bonchev–Trinajstić information content (AvgIpc) is 3.64. The first-order valence-corrected chi connectivity index (χ1v) is 12.2. The molecule has 36 heavy (non-hydrogen) atoms. The van der Waals surface area contributed by atoms with Crippen LogP contribution in [-0.4, -0.2) is 53.9 Å². The molecule has 3 atom stereocenters. The smallest absolute Gasteiger partial charge is 0.465 e. The number of piperidine rings is 1. The number of ether oxygens (including phenoxy) is 2. The van der Waals surface area contributed by atoms with Gasteiger partial charge in [0.1, 0.15) is 17.5 Å². The third kappa shape index (κ3) is 6.54. The maximum Gasteiger partial charge on any atom is 0.573 e. The summed E-state index contributed by atoms with van der Waals surface area (Å²) < 4.78 is 46.9. The van der Waals surface area contributed by atoms with Crippen LogP contribution < -0.4 is 10.1 Å². The highest BCUT2D eigenvalue weighted by atomic mass is 19.4. The van der Waals surface area contributed by atoms with Gasteiger partial charge in [-0.15, -0.1) is 13.2 Å².